The molecule has 2 heterocycles. The van der Waals surface area contributed by atoms with E-state index in [1.807, 2.05) is 19.2 Å². The number of carboxylic acids is 1. The van der Waals surface area contributed by atoms with Gasteiger partial charge in [-0.2, -0.15) is 8.75 Å². The Bertz CT molecular complexity index is 999. The van der Waals surface area contributed by atoms with Crippen LogP contribution in [0.3, 0.4) is 0 Å². The van der Waals surface area contributed by atoms with E-state index in [1.165, 1.54) is 32.7 Å². The van der Waals surface area contributed by atoms with E-state index in [4.69, 9.17) is 21.5 Å². The maximum absolute atomic E-state index is 9.00. The summed E-state index contributed by atoms with van der Waals surface area (Å²) in [5.74, 6) is -0.833. The first-order chi connectivity index (χ1) is 12.9. The maximum atomic E-state index is 9.00. The van der Waals surface area contributed by atoms with Crippen LogP contribution in [0.2, 0.25) is 5.15 Å². The molecule has 9 heteroatoms. The van der Waals surface area contributed by atoms with Crippen molar-refractivity contribution >= 4 is 82.5 Å². The van der Waals surface area contributed by atoms with Crippen molar-refractivity contribution in [2.24, 2.45) is 0 Å². The van der Waals surface area contributed by atoms with E-state index >= 15 is 0 Å². The van der Waals surface area contributed by atoms with Gasteiger partial charge in [-0.15, -0.1) is 0 Å². The second-order valence-electron chi connectivity index (χ2n) is 5.36. The topological polar surface area (TPSA) is 63.1 Å². The van der Waals surface area contributed by atoms with Crippen molar-refractivity contribution < 1.29 is 9.90 Å². The average Bonchev–Trinajstić information content (AvgIpc) is 3.23. The SMILES string of the molecule is CC(=O)O.Cc1ccc2snc(Cl)c2c1.Cc1ccc2sncc2c1.ClCl. The lowest BCUT2D eigenvalue weighted by molar-refractivity contribution is -0.134. The molecule has 0 saturated heterocycles. The number of rotatable bonds is 0. The summed E-state index contributed by atoms with van der Waals surface area (Å²) in [5.41, 5.74) is 2.52. The minimum atomic E-state index is -0.833. The molecule has 0 unspecified atom stereocenters. The summed E-state index contributed by atoms with van der Waals surface area (Å²) in [5, 5.41) is 10.4. The Labute approximate surface area is 180 Å². The highest BCUT2D eigenvalue weighted by atomic mass is 36.5. The number of aryl methyl sites for hydroxylation is 2. The number of halogens is 3. The van der Waals surface area contributed by atoms with Gasteiger partial charge in [-0.1, -0.05) is 34.9 Å². The summed E-state index contributed by atoms with van der Waals surface area (Å²) in [6.07, 6.45) is 1.91. The summed E-state index contributed by atoms with van der Waals surface area (Å²) in [7, 11) is 8.22. The summed E-state index contributed by atoms with van der Waals surface area (Å²) < 4.78 is 10.6. The van der Waals surface area contributed by atoms with Gasteiger partial charge in [-0.05, 0) is 61.2 Å². The van der Waals surface area contributed by atoms with Gasteiger partial charge in [0.05, 0.1) is 9.40 Å². The second-order valence-corrected chi connectivity index (χ2v) is 7.36. The van der Waals surface area contributed by atoms with Gasteiger partial charge in [0.1, 0.15) is 0 Å². The standard InChI is InChI=1S/C8H6ClNS.C8H7NS.C2H4O2.Cl2/c1-5-2-3-7-6(4-5)8(9)10-11-7;1-6-2-3-8-7(4-6)5-9-10-8;1-2(3)4;1-2/h2-4H,1H3;2-5H,1H3;1H3,(H,3,4);. The van der Waals surface area contributed by atoms with Crippen LogP contribution in [0.4, 0.5) is 0 Å². The normalized spacial score (nSPS) is 9.41. The fourth-order valence-corrected chi connectivity index (χ4v) is 3.62. The third kappa shape index (κ3) is 7.99. The van der Waals surface area contributed by atoms with Gasteiger partial charge in [0, 0.05) is 45.6 Å². The molecule has 4 rings (SSSR count). The Morgan fingerprint density at radius 2 is 1.56 bits per heavy atom. The fourth-order valence-electron chi connectivity index (χ4n) is 2.01. The smallest absolute Gasteiger partial charge is 0.300 e. The first kappa shape index (κ1) is 23.6. The molecular formula is C18H17Cl3N2O2S2. The summed E-state index contributed by atoms with van der Waals surface area (Å²) in [4.78, 5) is 9.00. The van der Waals surface area contributed by atoms with Gasteiger partial charge < -0.3 is 5.11 Å². The van der Waals surface area contributed by atoms with Crippen LogP contribution >= 0.6 is 56.4 Å². The molecule has 0 spiro atoms. The number of carbonyl (C=O) groups is 1. The van der Waals surface area contributed by atoms with Crippen LogP contribution in [0.1, 0.15) is 18.1 Å². The molecule has 0 fully saturated rings. The Morgan fingerprint density at radius 1 is 1.00 bits per heavy atom. The van der Waals surface area contributed by atoms with E-state index in [1.54, 1.807) is 11.5 Å². The average molecular weight is 464 g/mol. The molecule has 0 atom stereocenters. The molecule has 0 amide bonds. The molecule has 0 aliphatic rings. The van der Waals surface area contributed by atoms with Crippen molar-refractivity contribution in [3.8, 4) is 0 Å². The molecule has 144 valence electrons. The van der Waals surface area contributed by atoms with Crippen molar-refractivity contribution in [2.45, 2.75) is 20.8 Å². The lowest BCUT2D eigenvalue weighted by Crippen LogP contribution is -1.78. The van der Waals surface area contributed by atoms with Crippen LogP contribution in [0.25, 0.3) is 20.2 Å². The van der Waals surface area contributed by atoms with E-state index in [2.05, 4.69) is 67.7 Å². The zero-order valence-corrected chi connectivity index (χ0v) is 18.6. The van der Waals surface area contributed by atoms with Crippen LogP contribution in [0, 0.1) is 13.8 Å². The summed E-state index contributed by atoms with van der Waals surface area (Å²) >= 11 is 8.83. The number of hydrogen-bond donors (Lipinski definition) is 1. The molecule has 0 saturated carbocycles. The molecule has 4 aromatic rings. The summed E-state index contributed by atoms with van der Waals surface area (Å²) in [6, 6.07) is 12.5. The van der Waals surface area contributed by atoms with E-state index in [-0.39, 0.29) is 0 Å². The Hall–Kier alpha value is -1.44. The Balaban J connectivity index is 0.000000212. The molecule has 0 aliphatic heterocycles. The van der Waals surface area contributed by atoms with Crippen molar-refractivity contribution in [2.75, 3.05) is 0 Å². The molecule has 2 aromatic heterocycles. The van der Waals surface area contributed by atoms with E-state index < -0.39 is 5.97 Å². The molecule has 2 aromatic carbocycles. The van der Waals surface area contributed by atoms with Crippen LogP contribution in [-0.2, 0) is 4.79 Å². The molecule has 0 bridgehead atoms. The molecule has 0 radical (unpaired) electrons. The van der Waals surface area contributed by atoms with Crippen molar-refractivity contribution in [3.63, 3.8) is 0 Å². The minimum absolute atomic E-state index is 0.619. The van der Waals surface area contributed by atoms with Crippen molar-refractivity contribution in [3.05, 3.63) is 58.9 Å². The molecule has 1 N–H and O–H groups in total. The predicted octanol–water partition coefficient (Wildman–Crippen LogP) is 7.33. The van der Waals surface area contributed by atoms with Crippen LogP contribution < -0.4 is 0 Å². The van der Waals surface area contributed by atoms with Gasteiger partial charge in [0.2, 0.25) is 0 Å². The monoisotopic (exact) mass is 462 g/mol. The van der Waals surface area contributed by atoms with Crippen molar-refractivity contribution in [1.82, 2.24) is 8.75 Å². The van der Waals surface area contributed by atoms with Gasteiger partial charge >= 0.3 is 0 Å². The van der Waals surface area contributed by atoms with E-state index in [0.717, 1.165) is 17.0 Å². The van der Waals surface area contributed by atoms with Crippen LogP contribution in [0.15, 0.2) is 42.6 Å². The number of fused-ring (bicyclic) bond motifs is 2. The van der Waals surface area contributed by atoms with E-state index in [0.29, 0.717) is 5.15 Å². The Morgan fingerprint density at radius 3 is 2.19 bits per heavy atom. The maximum Gasteiger partial charge on any atom is 0.300 e. The number of hydrogen-bond acceptors (Lipinski definition) is 5. The first-order valence-electron chi connectivity index (χ1n) is 7.53. The predicted molar refractivity (Wildman–Crippen MR) is 119 cm³/mol. The molecular weight excluding hydrogens is 447 g/mol. The molecule has 4 nitrogen and oxygen atoms in total. The van der Waals surface area contributed by atoms with Crippen molar-refractivity contribution in [1.29, 1.82) is 0 Å². The number of aromatic nitrogens is 2. The number of aliphatic carboxylic acids is 1. The van der Waals surface area contributed by atoms with Crippen LogP contribution in [0.5, 0.6) is 0 Å². The summed E-state index contributed by atoms with van der Waals surface area (Å²) in [6.45, 7) is 5.23. The zero-order chi connectivity index (χ0) is 20.4. The van der Waals surface area contributed by atoms with Gasteiger partial charge in [-0.3, -0.25) is 4.79 Å². The quantitative estimate of drug-likeness (QED) is 0.296. The fraction of sp³-hybridized carbons (Fsp3) is 0.167. The van der Waals surface area contributed by atoms with Crippen LogP contribution in [-0.4, -0.2) is 19.8 Å². The lowest BCUT2D eigenvalue weighted by atomic mass is 10.2. The number of carboxylic acid groups (broad SMARTS) is 1. The van der Waals surface area contributed by atoms with Gasteiger partial charge in [0.15, 0.2) is 5.15 Å². The van der Waals surface area contributed by atoms with Gasteiger partial charge in [0.25, 0.3) is 5.97 Å². The number of nitrogens with zero attached hydrogens (tertiary/aromatic N) is 2. The second kappa shape index (κ2) is 12.1. The highest BCUT2D eigenvalue weighted by Gasteiger charge is 2.01. The molecule has 0 aliphatic carbocycles. The lowest BCUT2D eigenvalue weighted by Gasteiger charge is -1.90. The third-order valence-corrected chi connectivity index (χ3v) is 5.08. The number of benzene rings is 2. The third-order valence-electron chi connectivity index (χ3n) is 3.09. The van der Waals surface area contributed by atoms with Gasteiger partial charge in [-0.25, -0.2) is 0 Å². The Kier molecular flexibility index (Phi) is 10.6. The highest BCUT2D eigenvalue weighted by Crippen LogP contribution is 2.26. The van der Waals surface area contributed by atoms with E-state index in [9.17, 15) is 0 Å². The highest BCUT2D eigenvalue weighted by molar-refractivity contribution is 7.13. The molecule has 27 heavy (non-hydrogen) atoms. The zero-order valence-electron chi connectivity index (χ0n) is 14.7. The minimum Gasteiger partial charge on any atom is -0.481 e. The largest absolute Gasteiger partial charge is 0.481 e. The first-order valence-corrected chi connectivity index (χ1v) is 10.6.